The predicted octanol–water partition coefficient (Wildman–Crippen LogP) is -1.62. The summed E-state index contributed by atoms with van der Waals surface area (Å²) in [7, 11) is 0. The third kappa shape index (κ3) is 12.7. The molecule has 0 bridgehead atoms. The van der Waals surface area contributed by atoms with Crippen LogP contribution in [0, 0.1) is 0 Å². The summed E-state index contributed by atoms with van der Waals surface area (Å²) in [4.78, 5) is 76.5. The first-order valence-electron chi connectivity index (χ1n) is 17.3. The number of hydrogen-bond acceptors (Lipinski definition) is 8. The number of benzene rings is 3. The summed E-state index contributed by atoms with van der Waals surface area (Å²) in [5.41, 5.74) is 29.6. The lowest BCUT2D eigenvalue weighted by atomic mass is 10.00. The van der Waals surface area contributed by atoms with Crippen molar-refractivity contribution in [1.82, 2.24) is 26.6 Å². The first-order valence-corrected chi connectivity index (χ1v) is 17.3. The van der Waals surface area contributed by atoms with Gasteiger partial charge in [-0.05, 0) is 59.7 Å². The number of aliphatic imine (C=N–C) groups is 2. The van der Waals surface area contributed by atoms with Crippen LogP contribution in [-0.2, 0) is 36.8 Å². The molecule has 17 nitrogen and oxygen atoms in total. The zero-order valence-corrected chi connectivity index (χ0v) is 29.3. The lowest BCUT2D eigenvalue weighted by Crippen LogP contribution is -2.58. The molecule has 1 fully saturated rings. The number of nitrogens with two attached hydrogens (primary N) is 5. The molecule has 0 aliphatic carbocycles. The Morgan fingerprint density at radius 1 is 0.585 bits per heavy atom. The maximum absolute atomic E-state index is 14.0. The Morgan fingerprint density at radius 3 is 1.68 bits per heavy atom. The molecule has 0 aromatic heterocycles. The third-order valence-corrected chi connectivity index (χ3v) is 8.54. The van der Waals surface area contributed by atoms with Crippen molar-refractivity contribution in [3.05, 3.63) is 77.9 Å². The molecule has 1 saturated heterocycles. The molecule has 4 rings (SSSR count). The first kappa shape index (κ1) is 39.4. The van der Waals surface area contributed by atoms with Crippen molar-refractivity contribution < 1.29 is 24.0 Å². The summed E-state index contributed by atoms with van der Waals surface area (Å²) < 4.78 is 0. The van der Waals surface area contributed by atoms with Crippen LogP contribution in [0.5, 0.6) is 0 Å². The van der Waals surface area contributed by atoms with Gasteiger partial charge in [0.15, 0.2) is 11.9 Å². The molecule has 282 valence electrons. The fourth-order valence-electron chi connectivity index (χ4n) is 5.81. The number of carbonyl (C=O) groups excluding carboxylic acids is 5. The van der Waals surface area contributed by atoms with E-state index in [9.17, 15) is 24.0 Å². The average Bonchev–Trinajstić information content (AvgIpc) is 3.12. The van der Waals surface area contributed by atoms with Crippen LogP contribution in [0.2, 0.25) is 0 Å². The molecular weight excluding hydrogens is 680 g/mol. The van der Waals surface area contributed by atoms with E-state index in [2.05, 4.69) is 36.6 Å². The molecule has 0 saturated carbocycles. The topological polar surface area (TPSA) is 300 Å². The number of hydrogen-bond donors (Lipinski definition) is 10. The van der Waals surface area contributed by atoms with Crippen LogP contribution in [0.3, 0.4) is 0 Å². The molecule has 0 unspecified atom stereocenters. The van der Waals surface area contributed by atoms with Crippen LogP contribution in [0.4, 0.5) is 5.69 Å². The van der Waals surface area contributed by atoms with Crippen LogP contribution in [-0.4, -0.2) is 85.3 Å². The van der Waals surface area contributed by atoms with Crippen LogP contribution < -0.4 is 55.3 Å². The van der Waals surface area contributed by atoms with E-state index in [0.29, 0.717) is 24.1 Å². The Morgan fingerprint density at radius 2 is 1.08 bits per heavy atom. The van der Waals surface area contributed by atoms with Gasteiger partial charge in [0.1, 0.15) is 24.2 Å². The van der Waals surface area contributed by atoms with E-state index in [1.165, 1.54) is 0 Å². The molecule has 3 aromatic rings. The van der Waals surface area contributed by atoms with Crippen molar-refractivity contribution in [3.8, 4) is 0 Å². The highest BCUT2D eigenvalue weighted by atomic mass is 16.2. The molecular formula is C36H48N12O5. The van der Waals surface area contributed by atoms with E-state index in [0.717, 1.165) is 16.3 Å². The number of nitrogen functional groups attached to an aromatic ring is 1. The minimum atomic E-state index is -1.19. The zero-order chi connectivity index (χ0) is 38.3. The smallest absolute Gasteiger partial charge is 0.243 e. The highest BCUT2D eigenvalue weighted by Gasteiger charge is 2.32. The number of nitrogens with one attached hydrogen (secondary N) is 5. The summed E-state index contributed by atoms with van der Waals surface area (Å²) in [6.07, 6.45) is 0.904. The van der Waals surface area contributed by atoms with Gasteiger partial charge in [-0.2, -0.15) is 0 Å². The number of anilines is 1. The number of guanidine groups is 2. The molecule has 1 heterocycles. The Balaban J connectivity index is 1.68. The molecule has 1 aliphatic heterocycles. The summed E-state index contributed by atoms with van der Waals surface area (Å²) in [5, 5.41) is 15.5. The minimum Gasteiger partial charge on any atom is -0.399 e. The van der Waals surface area contributed by atoms with Crippen molar-refractivity contribution in [2.24, 2.45) is 32.9 Å². The van der Waals surface area contributed by atoms with Crippen molar-refractivity contribution in [1.29, 1.82) is 0 Å². The molecule has 15 N–H and O–H groups in total. The van der Waals surface area contributed by atoms with Crippen LogP contribution in [0.1, 0.15) is 36.8 Å². The lowest BCUT2D eigenvalue weighted by Gasteiger charge is -2.26. The van der Waals surface area contributed by atoms with Gasteiger partial charge in [-0.3, -0.25) is 34.0 Å². The number of rotatable bonds is 12. The molecule has 0 spiro atoms. The molecule has 17 heteroatoms. The number of fused-ring (bicyclic) bond motifs is 1. The molecule has 4 atom stereocenters. The van der Waals surface area contributed by atoms with Gasteiger partial charge in [-0.15, -0.1) is 0 Å². The van der Waals surface area contributed by atoms with Crippen LogP contribution in [0.15, 0.2) is 76.7 Å². The summed E-state index contributed by atoms with van der Waals surface area (Å²) >= 11 is 0. The van der Waals surface area contributed by atoms with Gasteiger partial charge in [-0.1, -0.05) is 54.6 Å². The van der Waals surface area contributed by atoms with E-state index in [4.69, 9.17) is 28.7 Å². The number of amides is 5. The maximum Gasteiger partial charge on any atom is 0.243 e. The van der Waals surface area contributed by atoms with Crippen LogP contribution >= 0.6 is 0 Å². The van der Waals surface area contributed by atoms with E-state index >= 15 is 0 Å². The van der Waals surface area contributed by atoms with E-state index < -0.39 is 60.2 Å². The summed E-state index contributed by atoms with van der Waals surface area (Å²) in [6, 6.07) is 15.5. The number of carbonyl (C=O) groups is 5. The lowest BCUT2D eigenvalue weighted by molar-refractivity contribution is -0.134. The molecule has 53 heavy (non-hydrogen) atoms. The maximum atomic E-state index is 14.0. The first-order chi connectivity index (χ1) is 25.4. The van der Waals surface area contributed by atoms with Crippen LogP contribution in [0.25, 0.3) is 10.8 Å². The molecule has 0 radical (unpaired) electrons. The SMILES string of the molecule is NC(N)=NCCC[C@@H]1NC(=O)CNC(=O)[C@H](Cc2ccc3ccccc3c2)NC(=O)[C@H](CCCN=C(N)N)NC(=O)[C@@H](Cc2ccc(N)cc2)NC1=O. The van der Waals surface area contributed by atoms with Crippen molar-refractivity contribution in [2.45, 2.75) is 62.7 Å². The molecule has 3 aromatic carbocycles. The minimum absolute atomic E-state index is 0.0273. The normalized spacial score (nSPS) is 20.0. The highest BCUT2D eigenvalue weighted by Crippen LogP contribution is 2.17. The van der Waals surface area contributed by atoms with Crippen molar-refractivity contribution in [3.63, 3.8) is 0 Å². The Hall–Kier alpha value is -6.39. The molecule has 1 aliphatic rings. The number of nitrogens with zero attached hydrogens (tertiary/aromatic N) is 2. The third-order valence-electron chi connectivity index (χ3n) is 8.54. The second-order valence-electron chi connectivity index (χ2n) is 12.8. The fourth-order valence-corrected chi connectivity index (χ4v) is 5.81. The quantitative estimate of drug-likeness (QED) is 0.0440. The van der Waals surface area contributed by atoms with Gasteiger partial charge in [0.2, 0.25) is 29.5 Å². The largest absolute Gasteiger partial charge is 0.399 e. The Labute approximate surface area is 307 Å². The van der Waals surface area contributed by atoms with E-state index in [1.807, 2.05) is 42.5 Å². The van der Waals surface area contributed by atoms with E-state index in [-0.39, 0.29) is 50.7 Å². The highest BCUT2D eigenvalue weighted by molar-refractivity contribution is 5.97. The average molecular weight is 729 g/mol. The Bertz CT molecular complexity index is 1820. The van der Waals surface area contributed by atoms with Crippen molar-refractivity contribution >= 4 is 57.9 Å². The second kappa shape index (κ2) is 19.3. The Kier molecular flexibility index (Phi) is 14.3. The summed E-state index contributed by atoms with van der Waals surface area (Å²) in [6.45, 7) is -0.141. The zero-order valence-electron chi connectivity index (χ0n) is 29.3. The van der Waals surface area contributed by atoms with E-state index in [1.54, 1.807) is 24.3 Å². The van der Waals surface area contributed by atoms with Crippen molar-refractivity contribution in [2.75, 3.05) is 25.4 Å². The van der Waals surface area contributed by atoms with Gasteiger partial charge >= 0.3 is 0 Å². The fraction of sp³-hybridized carbons (Fsp3) is 0.361. The van der Waals surface area contributed by atoms with Gasteiger partial charge < -0.3 is 55.3 Å². The van der Waals surface area contributed by atoms with Gasteiger partial charge in [0, 0.05) is 31.6 Å². The standard InChI is InChI=1S/C36H48N12O5/c37-25-13-10-21(11-14-25)18-29-34(53)46-27(8-4-16-43-36(40)41)33(52)47-28(19-22-9-12-23-5-1-2-6-24(23)17-22)31(50)44-20-30(49)45-26(32(51)48-29)7-3-15-42-35(38)39/h1-2,5-6,9-14,17,26-29H,3-4,7-8,15-16,18-20,37H2,(H,44,50)(H,45,49)(H,46,53)(H,47,52)(H,48,51)(H4,38,39,42)(H4,40,41,43)/t26-,27-,28-,29+/m0/s1. The summed E-state index contributed by atoms with van der Waals surface area (Å²) in [5.74, 6) is -3.55. The predicted molar refractivity (Wildman–Crippen MR) is 203 cm³/mol. The second-order valence-corrected chi connectivity index (χ2v) is 12.8. The monoisotopic (exact) mass is 728 g/mol. The molecule has 5 amide bonds. The van der Waals surface area contributed by atoms with Gasteiger partial charge in [0.25, 0.3) is 0 Å². The van der Waals surface area contributed by atoms with Gasteiger partial charge in [-0.25, -0.2) is 0 Å². The van der Waals surface area contributed by atoms with Gasteiger partial charge in [0.05, 0.1) is 6.54 Å².